The molecule has 0 unspecified atom stereocenters. The maximum atomic E-state index is 11.6. The van der Waals surface area contributed by atoms with Crippen molar-refractivity contribution < 1.29 is 14.3 Å². The van der Waals surface area contributed by atoms with Crippen LogP contribution in [0, 0.1) is 0 Å². The number of carbonyl (C=O) groups excluding carboxylic acids is 2. The van der Waals surface area contributed by atoms with E-state index in [1.54, 1.807) is 12.1 Å². The van der Waals surface area contributed by atoms with E-state index < -0.39 is 5.97 Å². The van der Waals surface area contributed by atoms with Crippen molar-refractivity contribution in [2.75, 3.05) is 50.6 Å². The van der Waals surface area contributed by atoms with E-state index in [0.29, 0.717) is 11.3 Å². The van der Waals surface area contributed by atoms with Crippen molar-refractivity contribution >= 4 is 23.3 Å². The molecule has 0 aromatic heterocycles. The van der Waals surface area contributed by atoms with Gasteiger partial charge in [0, 0.05) is 33.1 Å². The van der Waals surface area contributed by atoms with Gasteiger partial charge in [0.2, 0.25) is 5.91 Å². The zero-order valence-corrected chi connectivity index (χ0v) is 12.7. The number of hydrogen-bond acceptors (Lipinski definition) is 5. The van der Waals surface area contributed by atoms with Crippen LogP contribution < -0.4 is 10.2 Å². The minimum atomic E-state index is -0.411. The van der Waals surface area contributed by atoms with Crippen molar-refractivity contribution in [1.29, 1.82) is 0 Å². The van der Waals surface area contributed by atoms with Crippen molar-refractivity contribution in [3.8, 4) is 0 Å². The third-order valence-corrected chi connectivity index (χ3v) is 3.57. The van der Waals surface area contributed by atoms with Gasteiger partial charge in [-0.05, 0) is 25.2 Å². The Morgan fingerprint density at radius 3 is 2.43 bits per heavy atom. The molecule has 2 rings (SSSR count). The fourth-order valence-corrected chi connectivity index (χ4v) is 2.39. The molecular formula is C15H21N3O3. The smallest absolute Gasteiger partial charge is 0.337 e. The van der Waals surface area contributed by atoms with Gasteiger partial charge in [0.15, 0.2) is 0 Å². The second kappa shape index (κ2) is 6.58. The summed E-state index contributed by atoms with van der Waals surface area (Å²) in [5, 5.41) is 2.80. The van der Waals surface area contributed by atoms with Gasteiger partial charge in [-0.2, -0.15) is 0 Å². The lowest BCUT2D eigenvalue weighted by atomic mass is 10.1. The number of piperazine rings is 1. The topological polar surface area (TPSA) is 61.9 Å². The highest BCUT2D eigenvalue weighted by Gasteiger charge is 2.19. The van der Waals surface area contributed by atoms with Gasteiger partial charge in [-0.25, -0.2) is 4.79 Å². The van der Waals surface area contributed by atoms with E-state index in [9.17, 15) is 9.59 Å². The van der Waals surface area contributed by atoms with Crippen LogP contribution in [0.15, 0.2) is 18.2 Å². The maximum absolute atomic E-state index is 11.6. The largest absolute Gasteiger partial charge is 0.465 e. The quantitative estimate of drug-likeness (QED) is 0.848. The summed E-state index contributed by atoms with van der Waals surface area (Å²) in [5.74, 6) is -0.570. The Morgan fingerprint density at radius 2 is 1.86 bits per heavy atom. The third-order valence-electron chi connectivity index (χ3n) is 3.57. The van der Waals surface area contributed by atoms with Crippen LogP contribution in [0.3, 0.4) is 0 Å². The summed E-state index contributed by atoms with van der Waals surface area (Å²) in [4.78, 5) is 27.5. The number of nitrogens with one attached hydrogen (secondary N) is 1. The lowest BCUT2D eigenvalue weighted by Crippen LogP contribution is -2.44. The SMILES string of the molecule is COC(=O)c1ccc(N2CCN(C)CC2)c(NC(C)=O)c1. The molecule has 1 aromatic carbocycles. The molecule has 0 saturated carbocycles. The third kappa shape index (κ3) is 3.72. The Labute approximate surface area is 124 Å². The summed E-state index contributed by atoms with van der Waals surface area (Å²) < 4.78 is 4.72. The fourth-order valence-electron chi connectivity index (χ4n) is 2.39. The van der Waals surface area contributed by atoms with Crippen LogP contribution in [-0.4, -0.2) is 57.1 Å². The van der Waals surface area contributed by atoms with E-state index in [2.05, 4.69) is 22.2 Å². The number of likely N-dealkylation sites (N-methyl/N-ethyl adjacent to an activating group) is 1. The molecule has 1 heterocycles. The zero-order valence-electron chi connectivity index (χ0n) is 12.7. The van der Waals surface area contributed by atoms with Gasteiger partial charge in [-0.1, -0.05) is 0 Å². The van der Waals surface area contributed by atoms with Crippen LogP contribution in [0.25, 0.3) is 0 Å². The summed E-state index contributed by atoms with van der Waals surface area (Å²) >= 11 is 0. The van der Waals surface area contributed by atoms with Crippen molar-refractivity contribution in [2.24, 2.45) is 0 Å². The van der Waals surface area contributed by atoms with Gasteiger partial charge in [0.25, 0.3) is 0 Å². The number of methoxy groups -OCH3 is 1. The molecule has 21 heavy (non-hydrogen) atoms. The minimum Gasteiger partial charge on any atom is -0.465 e. The van der Waals surface area contributed by atoms with Crippen LogP contribution in [0.1, 0.15) is 17.3 Å². The van der Waals surface area contributed by atoms with Crippen LogP contribution in [-0.2, 0) is 9.53 Å². The molecule has 114 valence electrons. The lowest BCUT2D eigenvalue weighted by molar-refractivity contribution is -0.114. The summed E-state index contributed by atoms with van der Waals surface area (Å²) in [6.45, 7) is 5.18. The van der Waals surface area contributed by atoms with Gasteiger partial charge in [0.1, 0.15) is 0 Å². The number of rotatable bonds is 3. The number of benzene rings is 1. The first-order chi connectivity index (χ1) is 10.0. The molecule has 1 fully saturated rings. The second-order valence-electron chi connectivity index (χ2n) is 5.20. The molecule has 1 saturated heterocycles. The predicted octanol–water partition coefficient (Wildman–Crippen LogP) is 1.18. The number of hydrogen-bond donors (Lipinski definition) is 1. The van der Waals surface area contributed by atoms with Gasteiger partial charge < -0.3 is 19.9 Å². The zero-order chi connectivity index (χ0) is 15.4. The summed E-state index contributed by atoms with van der Waals surface area (Å²) in [6, 6.07) is 5.26. The van der Waals surface area contributed by atoms with E-state index in [4.69, 9.17) is 4.74 Å². The van der Waals surface area contributed by atoms with Gasteiger partial charge >= 0.3 is 5.97 Å². The van der Waals surface area contributed by atoms with E-state index in [-0.39, 0.29) is 5.91 Å². The number of ether oxygens (including phenoxy) is 1. The van der Waals surface area contributed by atoms with E-state index in [1.807, 2.05) is 6.07 Å². The van der Waals surface area contributed by atoms with Crippen LogP contribution in [0.2, 0.25) is 0 Å². The van der Waals surface area contributed by atoms with E-state index in [1.165, 1.54) is 14.0 Å². The highest BCUT2D eigenvalue weighted by molar-refractivity contribution is 5.97. The molecule has 0 radical (unpaired) electrons. The van der Waals surface area contributed by atoms with Gasteiger partial charge in [0.05, 0.1) is 24.0 Å². The number of carbonyl (C=O) groups is 2. The monoisotopic (exact) mass is 291 g/mol. The van der Waals surface area contributed by atoms with Gasteiger partial charge in [-0.15, -0.1) is 0 Å². The molecule has 6 nitrogen and oxygen atoms in total. The van der Waals surface area contributed by atoms with Crippen molar-refractivity contribution in [1.82, 2.24) is 4.90 Å². The minimum absolute atomic E-state index is 0.160. The Hall–Kier alpha value is -2.08. The van der Waals surface area contributed by atoms with E-state index >= 15 is 0 Å². The highest BCUT2D eigenvalue weighted by atomic mass is 16.5. The fraction of sp³-hybridized carbons (Fsp3) is 0.467. The maximum Gasteiger partial charge on any atom is 0.337 e. The highest BCUT2D eigenvalue weighted by Crippen LogP contribution is 2.28. The number of esters is 1. The molecule has 0 bridgehead atoms. The first kappa shape index (κ1) is 15.3. The number of amides is 1. The molecule has 1 aliphatic heterocycles. The Kier molecular flexibility index (Phi) is 4.80. The van der Waals surface area contributed by atoms with Gasteiger partial charge in [-0.3, -0.25) is 4.79 Å². The summed E-state index contributed by atoms with van der Waals surface area (Å²) in [5.41, 5.74) is 2.01. The first-order valence-electron chi connectivity index (χ1n) is 6.94. The first-order valence-corrected chi connectivity index (χ1v) is 6.94. The summed E-state index contributed by atoms with van der Waals surface area (Å²) in [7, 11) is 3.43. The van der Waals surface area contributed by atoms with Crippen LogP contribution >= 0.6 is 0 Å². The summed E-state index contributed by atoms with van der Waals surface area (Å²) in [6.07, 6.45) is 0. The Bertz CT molecular complexity index is 537. The molecule has 0 aliphatic carbocycles. The lowest BCUT2D eigenvalue weighted by Gasteiger charge is -2.35. The Balaban J connectivity index is 2.30. The van der Waals surface area contributed by atoms with Crippen LogP contribution in [0.5, 0.6) is 0 Å². The molecule has 1 N–H and O–H groups in total. The number of anilines is 2. The molecule has 1 aliphatic rings. The average molecular weight is 291 g/mol. The van der Waals surface area contributed by atoms with Crippen LogP contribution in [0.4, 0.5) is 11.4 Å². The molecule has 1 amide bonds. The predicted molar refractivity (Wildman–Crippen MR) is 81.8 cm³/mol. The molecule has 6 heteroatoms. The van der Waals surface area contributed by atoms with E-state index in [0.717, 1.165) is 31.9 Å². The average Bonchev–Trinajstić information content (AvgIpc) is 2.47. The normalized spacial score (nSPS) is 15.7. The number of nitrogens with zero attached hydrogens (tertiary/aromatic N) is 2. The second-order valence-corrected chi connectivity index (χ2v) is 5.20. The molecule has 0 spiro atoms. The molecule has 0 atom stereocenters. The van der Waals surface area contributed by atoms with Crippen molar-refractivity contribution in [3.63, 3.8) is 0 Å². The Morgan fingerprint density at radius 1 is 1.19 bits per heavy atom. The standard InChI is InChI=1S/C15H21N3O3/c1-11(19)16-13-10-12(15(20)21-3)4-5-14(13)18-8-6-17(2)7-9-18/h4-5,10H,6-9H2,1-3H3,(H,16,19). The van der Waals surface area contributed by atoms with Crippen molar-refractivity contribution in [2.45, 2.75) is 6.92 Å². The molecule has 1 aromatic rings. The molecular weight excluding hydrogens is 270 g/mol. The van der Waals surface area contributed by atoms with Crippen molar-refractivity contribution in [3.05, 3.63) is 23.8 Å².